The van der Waals surface area contributed by atoms with Crippen molar-refractivity contribution in [2.24, 2.45) is 0 Å². The molecule has 7 heteroatoms. The van der Waals surface area contributed by atoms with Gasteiger partial charge in [-0.15, -0.1) is 0 Å². The Labute approximate surface area is 121 Å². The van der Waals surface area contributed by atoms with Gasteiger partial charge in [0.05, 0.1) is 17.1 Å². The first-order valence-corrected chi connectivity index (χ1v) is 6.35. The number of halogens is 1. The molecule has 108 valence electrons. The molecule has 0 saturated carbocycles. The molecule has 0 spiro atoms. The maximum Gasteiger partial charge on any atom is 0.323 e. The molecule has 0 aliphatic carbocycles. The zero-order valence-electron chi connectivity index (χ0n) is 10.9. The van der Waals surface area contributed by atoms with Crippen LogP contribution in [0.5, 0.6) is 0 Å². The molecule has 1 aromatic carbocycles. The van der Waals surface area contributed by atoms with Crippen molar-refractivity contribution in [3.8, 4) is 0 Å². The third kappa shape index (κ3) is 4.55. The molecule has 0 bridgehead atoms. The fraction of sp³-hybridized carbons (Fsp3) is 0.308. The number of hydrogen-bond donors (Lipinski definition) is 2. The Morgan fingerprint density at radius 3 is 2.50 bits per heavy atom. The molecule has 0 saturated heterocycles. The van der Waals surface area contributed by atoms with E-state index >= 15 is 0 Å². The van der Waals surface area contributed by atoms with Crippen molar-refractivity contribution in [2.75, 3.05) is 19.6 Å². The summed E-state index contributed by atoms with van der Waals surface area (Å²) < 4.78 is 0. The van der Waals surface area contributed by atoms with Crippen molar-refractivity contribution in [3.63, 3.8) is 0 Å². The van der Waals surface area contributed by atoms with Crippen LogP contribution >= 0.6 is 11.6 Å². The SMILES string of the molecule is CCN(CC(=O)O)C(=O)CNC(=O)c1ccccc1Cl. The molecule has 20 heavy (non-hydrogen) atoms. The lowest BCUT2D eigenvalue weighted by atomic mass is 10.2. The van der Waals surface area contributed by atoms with Crippen LogP contribution in [0.2, 0.25) is 5.02 Å². The number of aliphatic carboxylic acids is 1. The minimum atomic E-state index is -1.10. The molecule has 0 aliphatic rings. The third-order valence-corrected chi connectivity index (χ3v) is 2.91. The van der Waals surface area contributed by atoms with Crippen LogP contribution in [-0.4, -0.2) is 47.4 Å². The van der Waals surface area contributed by atoms with Crippen molar-refractivity contribution in [2.45, 2.75) is 6.92 Å². The minimum absolute atomic E-state index is 0.257. The van der Waals surface area contributed by atoms with Crippen LogP contribution < -0.4 is 5.32 Å². The van der Waals surface area contributed by atoms with Crippen LogP contribution in [0.25, 0.3) is 0 Å². The largest absolute Gasteiger partial charge is 0.480 e. The van der Waals surface area contributed by atoms with Gasteiger partial charge in [-0.2, -0.15) is 0 Å². The number of amides is 2. The lowest BCUT2D eigenvalue weighted by Gasteiger charge is -2.18. The van der Waals surface area contributed by atoms with E-state index in [0.29, 0.717) is 0 Å². The highest BCUT2D eigenvalue weighted by molar-refractivity contribution is 6.33. The molecule has 0 fully saturated rings. The van der Waals surface area contributed by atoms with Gasteiger partial charge in [-0.05, 0) is 19.1 Å². The predicted octanol–water partition coefficient (Wildman–Crippen LogP) is 1.00. The predicted molar refractivity (Wildman–Crippen MR) is 73.7 cm³/mol. The quantitative estimate of drug-likeness (QED) is 0.820. The molecular formula is C13H15ClN2O4. The molecule has 0 heterocycles. The number of nitrogens with one attached hydrogen (secondary N) is 1. The van der Waals surface area contributed by atoms with Gasteiger partial charge >= 0.3 is 5.97 Å². The summed E-state index contributed by atoms with van der Waals surface area (Å²) in [7, 11) is 0. The molecule has 0 radical (unpaired) electrons. The molecule has 0 aliphatic heterocycles. The second kappa shape index (κ2) is 7.49. The number of nitrogens with zero attached hydrogens (tertiary/aromatic N) is 1. The zero-order valence-corrected chi connectivity index (χ0v) is 11.7. The monoisotopic (exact) mass is 298 g/mol. The standard InChI is InChI=1S/C13H15ClN2O4/c1-2-16(8-12(18)19)11(17)7-15-13(20)9-5-3-4-6-10(9)14/h3-6H,2,7-8H2,1H3,(H,15,20)(H,18,19). The van der Waals surface area contributed by atoms with E-state index in [1.165, 1.54) is 6.07 Å². The van der Waals surface area contributed by atoms with E-state index in [2.05, 4.69) is 5.32 Å². The number of rotatable bonds is 6. The molecule has 1 rings (SSSR count). The Morgan fingerprint density at radius 1 is 1.30 bits per heavy atom. The fourth-order valence-corrected chi connectivity index (χ4v) is 1.77. The number of hydrogen-bond acceptors (Lipinski definition) is 3. The van der Waals surface area contributed by atoms with Crippen LogP contribution in [0.3, 0.4) is 0 Å². The van der Waals surface area contributed by atoms with Crippen LogP contribution in [-0.2, 0) is 9.59 Å². The molecule has 2 amide bonds. The second-order valence-corrected chi connectivity index (χ2v) is 4.37. The van der Waals surface area contributed by atoms with Gasteiger partial charge in [-0.3, -0.25) is 14.4 Å². The van der Waals surface area contributed by atoms with Crippen LogP contribution in [0.1, 0.15) is 17.3 Å². The number of benzene rings is 1. The summed E-state index contributed by atoms with van der Waals surface area (Å²) in [6.07, 6.45) is 0. The Bertz CT molecular complexity index is 519. The highest BCUT2D eigenvalue weighted by Crippen LogP contribution is 2.14. The first-order chi connectivity index (χ1) is 9.45. The van der Waals surface area contributed by atoms with Crippen molar-refractivity contribution < 1.29 is 19.5 Å². The van der Waals surface area contributed by atoms with Gasteiger partial charge in [0, 0.05) is 6.54 Å². The summed E-state index contributed by atoms with van der Waals surface area (Å²) >= 11 is 5.86. The Balaban J connectivity index is 2.58. The molecule has 0 unspecified atom stereocenters. The molecule has 0 atom stereocenters. The highest BCUT2D eigenvalue weighted by Gasteiger charge is 2.16. The average molecular weight is 299 g/mol. The van der Waals surface area contributed by atoms with E-state index in [-0.39, 0.29) is 23.7 Å². The van der Waals surface area contributed by atoms with Gasteiger partial charge in [-0.1, -0.05) is 23.7 Å². The number of likely N-dealkylation sites (N-methyl/N-ethyl adjacent to an activating group) is 1. The minimum Gasteiger partial charge on any atom is -0.480 e. The zero-order chi connectivity index (χ0) is 15.1. The van der Waals surface area contributed by atoms with Gasteiger partial charge < -0.3 is 15.3 Å². The lowest BCUT2D eigenvalue weighted by molar-refractivity contribution is -0.143. The van der Waals surface area contributed by atoms with Gasteiger partial charge in [0.25, 0.3) is 5.91 Å². The van der Waals surface area contributed by atoms with Crippen LogP contribution in [0.15, 0.2) is 24.3 Å². The number of carbonyl (C=O) groups excluding carboxylic acids is 2. The molecular weight excluding hydrogens is 284 g/mol. The van der Waals surface area contributed by atoms with Gasteiger partial charge in [-0.25, -0.2) is 0 Å². The van der Waals surface area contributed by atoms with Gasteiger partial charge in [0.15, 0.2) is 0 Å². The first kappa shape index (κ1) is 16.0. The summed E-state index contributed by atoms with van der Waals surface area (Å²) in [5.41, 5.74) is 0.267. The van der Waals surface area contributed by atoms with Crippen molar-refractivity contribution in [1.29, 1.82) is 0 Å². The molecule has 1 aromatic rings. The van der Waals surface area contributed by atoms with Gasteiger partial charge in [0.1, 0.15) is 6.54 Å². The maximum atomic E-state index is 11.8. The molecule has 6 nitrogen and oxygen atoms in total. The normalized spacial score (nSPS) is 9.90. The number of carboxylic acid groups (broad SMARTS) is 1. The fourth-order valence-electron chi connectivity index (χ4n) is 1.55. The van der Waals surface area contributed by atoms with E-state index < -0.39 is 24.3 Å². The van der Waals surface area contributed by atoms with E-state index in [0.717, 1.165) is 4.90 Å². The topological polar surface area (TPSA) is 86.7 Å². The Hall–Kier alpha value is -2.08. The maximum absolute atomic E-state index is 11.8. The third-order valence-electron chi connectivity index (χ3n) is 2.58. The summed E-state index contributed by atoms with van der Waals surface area (Å²) in [4.78, 5) is 35.3. The summed E-state index contributed by atoms with van der Waals surface area (Å²) in [5.74, 6) is -2.04. The van der Waals surface area contributed by atoms with Crippen molar-refractivity contribution >= 4 is 29.4 Å². The summed E-state index contributed by atoms with van der Waals surface area (Å²) in [6.45, 7) is 1.26. The Morgan fingerprint density at radius 2 is 1.95 bits per heavy atom. The summed E-state index contributed by atoms with van der Waals surface area (Å²) in [6, 6.07) is 6.46. The van der Waals surface area contributed by atoms with E-state index in [4.69, 9.17) is 16.7 Å². The lowest BCUT2D eigenvalue weighted by Crippen LogP contribution is -2.42. The van der Waals surface area contributed by atoms with E-state index in [1.807, 2.05) is 0 Å². The van der Waals surface area contributed by atoms with E-state index in [1.54, 1.807) is 25.1 Å². The van der Waals surface area contributed by atoms with Crippen molar-refractivity contribution in [3.05, 3.63) is 34.9 Å². The van der Waals surface area contributed by atoms with E-state index in [9.17, 15) is 14.4 Å². The smallest absolute Gasteiger partial charge is 0.323 e. The second-order valence-electron chi connectivity index (χ2n) is 3.96. The Kier molecular flexibility index (Phi) is 5.99. The first-order valence-electron chi connectivity index (χ1n) is 5.98. The number of carbonyl (C=O) groups is 3. The van der Waals surface area contributed by atoms with Crippen molar-refractivity contribution in [1.82, 2.24) is 10.2 Å². The highest BCUT2D eigenvalue weighted by atomic mass is 35.5. The summed E-state index contributed by atoms with van der Waals surface area (Å²) in [5, 5.41) is 11.4. The van der Waals surface area contributed by atoms with Crippen LogP contribution in [0, 0.1) is 0 Å². The van der Waals surface area contributed by atoms with Gasteiger partial charge in [0.2, 0.25) is 5.91 Å². The average Bonchev–Trinajstić information content (AvgIpc) is 2.42. The molecule has 2 N–H and O–H groups in total. The molecule has 0 aromatic heterocycles. The number of carboxylic acids is 1. The van der Waals surface area contributed by atoms with Crippen LogP contribution in [0.4, 0.5) is 0 Å².